The Morgan fingerprint density at radius 2 is 1.59 bits per heavy atom. The number of hydrogen-bond acceptors (Lipinski definition) is 3. The Labute approximate surface area is 103 Å². The fourth-order valence-corrected chi connectivity index (χ4v) is 1.26. The molecule has 0 saturated heterocycles. The van der Waals surface area contributed by atoms with Gasteiger partial charge in [0.05, 0.1) is 20.3 Å². The third kappa shape index (κ3) is 3.41. The molecule has 98 valence electrons. The zero-order valence-electron chi connectivity index (χ0n) is 9.25. The molecule has 17 heavy (non-hydrogen) atoms. The molecule has 0 aliphatic carbocycles. The second kappa shape index (κ2) is 6.56. The van der Waals surface area contributed by atoms with Gasteiger partial charge < -0.3 is 15.2 Å². The summed E-state index contributed by atoms with van der Waals surface area (Å²) in [6, 6.07) is 0.404. The van der Waals surface area contributed by atoms with Gasteiger partial charge >= 0.3 is 0 Å². The second-order valence-electron chi connectivity index (χ2n) is 3.09. The zero-order chi connectivity index (χ0) is 12.3. The van der Waals surface area contributed by atoms with Gasteiger partial charge in [0.15, 0.2) is 11.5 Å². The fourth-order valence-electron chi connectivity index (χ4n) is 1.26. The van der Waals surface area contributed by atoms with Crippen molar-refractivity contribution in [1.29, 1.82) is 0 Å². The summed E-state index contributed by atoms with van der Waals surface area (Å²) in [4.78, 5) is 0. The van der Waals surface area contributed by atoms with Crippen LogP contribution in [0.15, 0.2) is 12.1 Å². The van der Waals surface area contributed by atoms with Crippen LogP contribution < -0.4 is 15.2 Å². The molecule has 2 N–H and O–H groups in total. The Kier molecular flexibility index (Phi) is 6.12. The minimum Gasteiger partial charge on any atom is -0.493 e. The molecule has 7 heteroatoms. The van der Waals surface area contributed by atoms with Crippen LogP contribution in [0.5, 0.6) is 11.5 Å². The van der Waals surface area contributed by atoms with Crippen LogP contribution in [0, 0.1) is 5.82 Å². The normalized spacial score (nSPS) is 11.9. The first kappa shape index (κ1) is 15.9. The number of rotatable bonds is 4. The molecule has 1 aromatic rings. The lowest BCUT2D eigenvalue weighted by molar-refractivity contribution is 0.114. The number of halogens is 4. The molecule has 1 rings (SSSR count). The predicted molar refractivity (Wildman–Crippen MR) is 59.7 cm³/mol. The third-order valence-electron chi connectivity index (χ3n) is 2.13. The average molecular weight is 272 g/mol. The number of ether oxygens (including phenoxy) is 2. The van der Waals surface area contributed by atoms with Crippen molar-refractivity contribution in [1.82, 2.24) is 0 Å². The minimum atomic E-state index is -2.84. The van der Waals surface area contributed by atoms with E-state index < -0.39 is 18.3 Å². The van der Waals surface area contributed by atoms with E-state index in [0.717, 1.165) is 12.1 Å². The zero-order valence-corrected chi connectivity index (χ0v) is 10.1. The molecule has 0 saturated carbocycles. The summed E-state index contributed by atoms with van der Waals surface area (Å²) < 4.78 is 47.8. The van der Waals surface area contributed by atoms with Gasteiger partial charge in [0.2, 0.25) is 0 Å². The van der Waals surface area contributed by atoms with Gasteiger partial charge in [0, 0.05) is 11.6 Å². The highest BCUT2D eigenvalue weighted by Gasteiger charge is 2.23. The van der Waals surface area contributed by atoms with E-state index in [0.29, 0.717) is 0 Å². The number of methoxy groups -OCH3 is 2. The lowest BCUT2D eigenvalue weighted by Gasteiger charge is -2.15. The standard InChI is InChI=1S/C10H12F3NO2.ClH/c1-15-7-3-5(9(14)10(12)13)6(11)4-8(7)16-2;/h3-4,9-10H,14H2,1-2H3;1H/t9-;/m0./s1. The lowest BCUT2D eigenvalue weighted by atomic mass is 10.1. The largest absolute Gasteiger partial charge is 0.493 e. The Morgan fingerprint density at radius 3 is 2.00 bits per heavy atom. The second-order valence-corrected chi connectivity index (χ2v) is 3.09. The topological polar surface area (TPSA) is 44.5 Å². The van der Waals surface area contributed by atoms with Crippen LogP contribution in [-0.2, 0) is 0 Å². The third-order valence-corrected chi connectivity index (χ3v) is 2.13. The molecule has 1 atom stereocenters. The highest BCUT2D eigenvalue weighted by atomic mass is 35.5. The molecule has 1 aromatic carbocycles. The van der Waals surface area contributed by atoms with E-state index in [1.807, 2.05) is 0 Å². The molecule has 0 radical (unpaired) electrons. The van der Waals surface area contributed by atoms with E-state index in [4.69, 9.17) is 15.2 Å². The minimum absolute atomic E-state index is 0. The molecule has 0 amide bonds. The first-order valence-corrected chi connectivity index (χ1v) is 4.46. The summed E-state index contributed by atoms with van der Waals surface area (Å²) in [6.07, 6.45) is -2.84. The van der Waals surface area contributed by atoms with Crippen molar-refractivity contribution >= 4 is 12.4 Å². The molecule has 0 aromatic heterocycles. The van der Waals surface area contributed by atoms with Crippen LogP contribution in [0.4, 0.5) is 13.2 Å². The summed E-state index contributed by atoms with van der Waals surface area (Å²) in [7, 11) is 2.65. The van der Waals surface area contributed by atoms with Crippen LogP contribution in [0.2, 0.25) is 0 Å². The van der Waals surface area contributed by atoms with Crippen molar-refractivity contribution in [2.24, 2.45) is 5.73 Å². The Bertz CT molecular complexity index is 377. The molecule has 0 unspecified atom stereocenters. The summed E-state index contributed by atoms with van der Waals surface area (Å²) >= 11 is 0. The molecule has 0 fully saturated rings. The Balaban J connectivity index is 0.00000256. The van der Waals surface area contributed by atoms with Gasteiger partial charge in [0.25, 0.3) is 6.43 Å². The van der Waals surface area contributed by atoms with Crippen LogP contribution in [0.1, 0.15) is 11.6 Å². The van der Waals surface area contributed by atoms with Crippen molar-refractivity contribution in [3.8, 4) is 11.5 Å². The van der Waals surface area contributed by atoms with Crippen molar-refractivity contribution in [2.75, 3.05) is 14.2 Å². The molecular formula is C10H13ClF3NO2. The van der Waals surface area contributed by atoms with Gasteiger partial charge in [-0.3, -0.25) is 0 Å². The van der Waals surface area contributed by atoms with E-state index in [1.54, 1.807) is 0 Å². The van der Waals surface area contributed by atoms with Crippen molar-refractivity contribution in [3.63, 3.8) is 0 Å². The summed E-state index contributed by atoms with van der Waals surface area (Å²) in [5.41, 5.74) is 4.87. The lowest BCUT2D eigenvalue weighted by Crippen LogP contribution is -2.20. The van der Waals surface area contributed by atoms with Crippen LogP contribution >= 0.6 is 12.4 Å². The Hall–Kier alpha value is -1.14. The maximum Gasteiger partial charge on any atom is 0.257 e. The SMILES string of the molecule is COc1cc(F)c([C@H](N)C(F)F)cc1OC.Cl. The molecule has 3 nitrogen and oxygen atoms in total. The van der Waals surface area contributed by atoms with Gasteiger partial charge in [-0.2, -0.15) is 0 Å². The predicted octanol–water partition coefficient (Wildman–Crippen LogP) is 2.53. The van der Waals surface area contributed by atoms with Gasteiger partial charge in [0.1, 0.15) is 5.82 Å². The van der Waals surface area contributed by atoms with Gasteiger partial charge in [-0.15, -0.1) is 12.4 Å². The van der Waals surface area contributed by atoms with E-state index in [1.165, 1.54) is 14.2 Å². The summed E-state index contributed by atoms with van der Waals surface area (Å²) in [6.45, 7) is 0. The molecule has 0 spiro atoms. The molecule has 0 aliphatic heterocycles. The van der Waals surface area contributed by atoms with Gasteiger partial charge in [-0.1, -0.05) is 0 Å². The summed E-state index contributed by atoms with van der Waals surface area (Å²) in [5, 5.41) is 0. The maximum atomic E-state index is 13.4. The first-order chi connectivity index (χ1) is 7.51. The quantitative estimate of drug-likeness (QED) is 0.915. The molecule has 0 bridgehead atoms. The number of benzene rings is 1. The van der Waals surface area contributed by atoms with Crippen LogP contribution in [0.25, 0.3) is 0 Å². The molecule has 0 heterocycles. The molecular weight excluding hydrogens is 259 g/mol. The first-order valence-electron chi connectivity index (χ1n) is 4.46. The highest BCUT2D eigenvalue weighted by Crippen LogP contribution is 2.33. The van der Waals surface area contributed by atoms with Gasteiger partial charge in [-0.05, 0) is 6.07 Å². The van der Waals surface area contributed by atoms with E-state index in [9.17, 15) is 13.2 Å². The Morgan fingerprint density at radius 1 is 1.12 bits per heavy atom. The van der Waals surface area contributed by atoms with Crippen molar-refractivity contribution in [2.45, 2.75) is 12.5 Å². The molecule has 0 aliphatic rings. The van der Waals surface area contributed by atoms with Crippen LogP contribution in [-0.4, -0.2) is 20.6 Å². The van der Waals surface area contributed by atoms with E-state index >= 15 is 0 Å². The number of hydrogen-bond donors (Lipinski definition) is 1. The maximum absolute atomic E-state index is 13.4. The fraction of sp³-hybridized carbons (Fsp3) is 0.400. The van der Waals surface area contributed by atoms with Crippen molar-refractivity contribution in [3.05, 3.63) is 23.5 Å². The highest BCUT2D eigenvalue weighted by molar-refractivity contribution is 5.85. The number of nitrogens with two attached hydrogens (primary N) is 1. The smallest absolute Gasteiger partial charge is 0.257 e. The van der Waals surface area contributed by atoms with E-state index in [-0.39, 0.29) is 29.5 Å². The van der Waals surface area contributed by atoms with Crippen LogP contribution in [0.3, 0.4) is 0 Å². The summed E-state index contributed by atoms with van der Waals surface area (Å²) in [5.74, 6) is -0.550. The van der Waals surface area contributed by atoms with Gasteiger partial charge in [-0.25, -0.2) is 13.2 Å². The number of alkyl halides is 2. The van der Waals surface area contributed by atoms with E-state index in [2.05, 4.69) is 0 Å². The monoisotopic (exact) mass is 271 g/mol. The average Bonchev–Trinajstić information content (AvgIpc) is 2.27. The van der Waals surface area contributed by atoms with Crippen molar-refractivity contribution < 1.29 is 22.6 Å².